The maximum atomic E-state index is 9.28. The molecule has 2 rings (SSSR count). The first-order valence-corrected chi connectivity index (χ1v) is 7.01. The molecule has 4 nitrogen and oxygen atoms in total. The van der Waals surface area contributed by atoms with Crippen LogP contribution in [0.15, 0.2) is 24.3 Å². The van der Waals surface area contributed by atoms with E-state index in [-0.39, 0.29) is 12.1 Å². The van der Waals surface area contributed by atoms with Crippen LogP contribution in [-0.2, 0) is 4.74 Å². The second-order valence-electron chi connectivity index (χ2n) is 5.17. The van der Waals surface area contributed by atoms with Crippen molar-refractivity contribution in [2.75, 3.05) is 37.7 Å². The Bertz CT molecular complexity index is 372. The fourth-order valence-corrected chi connectivity index (χ4v) is 2.26. The summed E-state index contributed by atoms with van der Waals surface area (Å²) >= 11 is 0. The lowest BCUT2D eigenvalue weighted by Crippen LogP contribution is -2.36. The van der Waals surface area contributed by atoms with Crippen molar-refractivity contribution in [3.63, 3.8) is 0 Å². The SMILES string of the molecule is CC(O)CNC(C)c1ccc(N2CCOCC2)cc1. The standard InChI is InChI=1S/C15H24N2O2/c1-12(18)11-16-13(2)14-3-5-15(6-4-14)17-7-9-19-10-8-17/h3-6,12-13,16,18H,7-11H2,1-2H3. The minimum Gasteiger partial charge on any atom is -0.392 e. The zero-order valence-corrected chi connectivity index (χ0v) is 11.8. The number of nitrogens with one attached hydrogen (secondary N) is 1. The van der Waals surface area contributed by atoms with Crippen LogP contribution in [0, 0.1) is 0 Å². The summed E-state index contributed by atoms with van der Waals surface area (Å²) in [6, 6.07) is 8.91. The average Bonchev–Trinajstić information content (AvgIpc) is 2.46. The van der Waals surface area contributed by atoms with Crippen LogP contribution in [0.4, 0.5) is 5.69 Å². The summed E-state index contributed by atoms with van der Waals surface area (Å²) in [5.41, 5.74) is 2.51. The maximum Gasteiger partial charge on any atom is 0.0642 e. The maximum absolute atomic E-state index is 9.28. The summed E-state index contributed by atoms with van der Waals surface area (Å²) < 4.78 is 5.36. The van der Waals surface area contributed by atoms with Crippen molar-refractivity contribution in [3.05, 3.63) is 29.8 Å². The third-order valence-corrected chi connectivity index (χ3v) is 3.49. The van der Waals surface area contributed by atoms with E-state index in [1.807, 2.05) is 0 Å². The molecule has 1 aromatic rings. The second-order valence-corrected chi connectivity index (χ2v) is 5.17. The Kier molecular flexibility index (Phi) is 5.19. The number of anilines is 1. The number of nitrogens with zero attached hydrogens (tertiary/aromatic N) is 1. The van der Waals surface area contributed by atoms with Crippen LogP contribution in [0.25, 0.3) is 0 Å². The monoisotopic (exact) mass is 264 g/mol. The average molecular weight is 264 g/mol. The zero-order chi connectivity index (χ0) is 13.7. The van der Waals surface area contributed by atoms with Gasteiger partial charge in [0.2, 0.25) is 0 Å². The first kappa shape index (κ1) is 14.3. The van der Waals surface area contributed by atoms with E-state index in [0.717, 1.165) is 26.3 Å². The van der Waals surface area contributed by atoms with Gasteiger partial charge in [-0.25, -0.2) is 0 Å². The molecule has 0 amide bonds. The first-order valence-electron chi connectivity index (χ1n) is 7.01. The molecule has 1 aliphatic rings. The van der Waals surface area contributed by atoms with Gasteiger partial charge in [0, 0.05) is 31.4 Å². The van der Waals surface area contributed by atoms with Crippen molar-refractivity contribution in [2.24, 2.45) is 0 Å². The van der Waals surface area contributed by atoms with Gasteiger partial charge in [0.25, 0.3) is 0 Å². The summed E-state index contributed by atoms with van der Waals surface area (Å²) in [5.74, 6) is 0. The number of ether oxygens (including phenoxy) is 1. The number of benzene rings is 1. The predicted octanol–water partition coefficient (Wildman–Crippen LogP) is 1.55. The molecule has 1 aromatic carbocycles. The van der Waals surface area contributed by atoms with E-state index in [0.29, 0.717) is 6.54 Å². The third-order valence-electron chi connectivity index (χ3n) is 3.49. The molecule has 1 fully saturated rings. The van der Waals surface area contributed by atoms with Crippen molar-refractivity contribution in [1.82, 2.24) is 5.32 Å². The molecule has 1 saturated heterocycles. The second kappa shape index (κ2) is 6.89. The highest BCUT2D eigenvalue weighted by atomic mass is 16.5. The lowest BCUT2D eigenvalue weighted by Gasteiger charge is -2.29. The van der Waals surface area contributed by atoms with Gasteiger partial charge in [-0.05, 0) is 31.5 Å². The van der Waals surface area contributed by atoms with Crippen LogP contribution >= 0.6 is 0 Å². The van der Waals surface area contributed by atoms with E-state index in [4.69, 9.17) is 4.74 Å². The van der Waals surface area contributed by atoms with Gasteiger partial charge in [-0.1, -0.05) is 12.1 Å². The van der Waals surface area contributed by atoms with E-state index in [1.165, 1.54) is 11.3 Å². The largest absolute Gasteiger partial charge is 0.392 e. The highest BCUT2D eigenvalue weighted by Gasteiger charge is 2.12. The van der Waals surface area contributed by atoms with E-state index in [1.54, 1.807) is 6.92 Å². The van der Waals surface area contributed by atoms with E-state index < -0.39 is 0 Å². The Hall–Kier alpha value is -1.10. The third kappa shape index (κ3) is 4.20. The molecule has 2 N–H and O–H groups in total. The summed E-state index contributed by atoms with van der Waals surface area (Å²) in [6.07, 6.45) is -0.310. The van der Waals surface area contributed by atoms with Gasteiger partial charge < -0.3 is 20.1 Å². The summed E-state index contributed by atoms with van der Waals surface area (Å²) in [5, 5.41) is 12.6. The molecular formula is C15H24N2O2. The summed E-state index contributed by atoms with van der Waals surface area (Å²) in [7, 11) is 0. The Morgan fingerprint density at radius 1 is 1.21 bits per heavy atom. The molecule has 0 radical (unpaired) electrons. The summed E-state index contributed by atoms with van der Waals surface area (Å²) in [6.45, 7) is 8.09. The number of hydrogen-bond donors (Lipinski definition) is 2. The number of aliphatic hydroxyl groups is 1. The molecule has 19 heavy (non-hydrogen) atoms. The van der Waals surface area contributed by atoms with Gasteiger partial charge in [0.15, 0.2) is 0 Å². The highest BCUT2D eigenvalue weighted by molar-refractivity contribution is 5.48. The molecule has 1 heterocycles. The Labute approximate surface area is 115 Å². The topological polar surface area (TPSA) is 44.7 Å². The molecular weight excluding hydrogens is 240 g/mol. The van der Waals surface area contributed by atoms with Crippen molar-refractivity contribution >= 4 is 5.69 Å². The van der Waals surface area contributed by atoms with Crippen LogP contribution in [0.2, 0.25) is 0 Å². The van der Waals surface area contributed by atoms with Gasteiger partial charge in [-0.3, -0.25) is 0 Å². The molecule has 0 spiro atoms. The van der Waals surface area contributed by atoms with Gasteiger partial charge in [0.05, 0.1) is 19.3 Å². The Morgan fingerprint density at radius 2 is 1.84 bits per heavy atom. The molecule has 0 aliphatic carbocycles. The van der Waals surface area contributed by atoms with Crippen LogP contribution < -0.4 is 10.2 Å². The van der Waals surface area contributed by atoms with E-state index >= 15 is 0 Å². The van der Waals surface area contributed by atoms with Crippen molar-refractivity contribution in [2.45, 2.75) is 26.0 Å². The van der Waals surface area contributed by atoms with Crippen LogP contribution in [0.1, 0.15) is 25.5 Å². The molecule has 106 valence electrons. The molecule has 0 bridgehead atoms. The van der Waals surface area contributed by atoms with Crippen LogP contribution in [-0.4, -0.2) is 44.1 Å². The Balaban J connectivity index is 1.93. The van der Waals surface area contributed by atoms with Crippen molar-refractivity contribution < 1.29 is 9.84 Å². The number of hydrogen-bond acceptors (Lipinski definition) is 4. The molecule has 2 unspecified atom stereocenters. The van der Waals surface area contributed by atoms with E-state index in [2.05, 4.69) is 41.4 Å². The predicted molar refractivity (Wildman–Crippen MR) is 77.6 cm³/mol. The number of rotatable bonds is 5. The lowest BCUT2D eigenvalue weighted by atomic mass is 10.1. The van der Waals surface area contributed by atoms with Gasteiger partial charge in [-0.2, -0.15) is 0 Å². The summed E-state index contributed by atoms with van der Waals surface area (Å²) in [4.78, 5) is 2.35. The molecule has 2 atom stereocenters. The van der Waals surface area contributed by atoms with Gasteiger partial charge >= 0.3 is 0 Å². The van der Waals surface area contributed by atoms with Gasteiger partial charge in [-0.15, -0.1) is 0 Å². The first-order chi connectivity index (χ1) is 9.16. The highest BCUT2D eigenvalue weighted by Crippen LogP contribution is 2.20. The molecule has 4 heteroatoms. The quantitative estimate of drug-likeness (QED) is 0.847. The van der Waals surface area contributed by atoms with Crippen LogP contribution in [0.3, 0.4) is 0 Å². The minimum atomic E-state index is -0.310. The molecule has 1 aliphatic heterocycles. The van der Waals surface area contributed by atoms with Gasteiger partial charge in [0.1, 0.15) is 0 Å². The smallest absolute Gasteiger partial charge is 0.0642 e. The number of aliphatic hydroxyl groups excluding tert-OH is 1. The van der Waals surface area contributed by atoms with Crippen LogP contribution in [0.5, 0.6) is 0 Å². The fraction of sp³-hybridized carbons (Fsp3) is 0.600. The normalized spacial score (nSPS) is 19.2. The fourth-order valence-electron chi connectivity index (χ4n) is 2.26. The van der Waals surface area contributed by atoms with Crippen molar-refractivity contribution in [1.29, 1.82) is 0 Å². The van der Waals surface area contributed by atoms with E-state index in [9.17, 15) is 5.11 Å². The lowest BCUT2D eigenvalue weighted by molar-refractivity contribution is 0.122. The Morgan fingerprint density at radius 3 is 2.42 bits per heavy atom. The molecule has 0 aromatic heterocycles. The van der Waals surface area contributed by atoms with Crippen molar-refractivity contribution in [3.8, 4) is 0 Å². The minimum absolute atomic E-state index is 0.258. The zero-order valence-electron chi connectivity index (χ0n) is 11.8. The molecule has 0 saturated carbocycles. The number of morpholine rings is 1.